The molecular formula is C18H18ClN5O. The zero-order valence-corrected chi connectivity index (χ0v) is 14.7. The van der Waals surface area contributed by atoms with Crippen LogP contribution in [0.3, 0.4) is 0 Å². The molecule has 1 aromatic heterocycles. The van der Waals surface area contributed by atoms with Crippen molar-refractivity contribution in [3.8, 4) is 5.75 Å². The van der Waals surface area contributed by atoms with Gasteiger partial charge in [0.05, 0.1) is 12.3 Å². The maximum Gasteiger partial charge on any atom is 0.249 e. The molecule has 0 spiro atoms. The minimum absolute atomic E-state index is 0.141. The lowest BCUT2D eigenvalue weighted by Crippen LogP contribution is -2.05. The van der Waals surface area contributed by atoms with Crippen LogP contribution in [0, 0.1) is 0 Å². The van der Waals surface area contributed by atoms with E-state index in [4.69, 9.17) is 16.3 Å². The summed E-state index contributed by atoms with van der Waals surface area (Å²) in [6.45, 7) is 3.98. The van der Waals surface area contributed by atoms with Crippen LogP contribution in [0.1, 0.15) is 13.8 Å². The van der Waals surface area contributed by atoms with E-state index < -0.39 is 0 Å². The standard InChI is InChI=1S/C18H18ClN5O/c1-12(2)25-16-9-7-15(8-10-16)22-18-23-17(11-20-24-18)21-14-5-3-13(19)4-6-14/h3-12H,1-2H3,(H2,21,22,23,24). The summed E-state index contributed by atoms with van der Waals surface area (Å²) in [5.41, 5.74) is 1.72. The molecule has 0 aliphatic rings. The number of rotatable bonds is 6. The van der Waals surface area contributed by atoms with E-state index in [9.17, 15) is 0 Å². The first-order valence-corrected chi connectivity index (χ1v) is 8.22. The number of halogens is 1. The summed E-state index contributed by atoms with van der Waals surface area (Å²) in [5, 5.41) is 14.9. The number of nitrogens with zero attached hydrogens (tertiary/aromatic N) is 3. The molecule has 0 radical (unpaired) electrons. The van der Waals surface area contributed by atoms with Crippen molar-refractivity contribution in [3.05, 3.63) is 59.8 Å². The molecule has 0 amide bonds. The molecule has 0 fully saturated rings. The molecule has 3 aromatic rings. The largest absolute Gasteiger partial charge is 0.491 e. The van der Waals surface area contributed by atoms with Crippen molar-refractivity contribution >= 4 is 34.7 Å². The van der Waals surface area contributed by atoms with E-state index in [0.29, 0.717) is 16.8 Å². The normalized spacial score (nSPS) is 10.6. The molecule has 6 nitrogen and oxygen atoms in total. The van der Waals surface area contributed by atoms with Crippen LogP contribution in [0.5, 0.6) is 5.75 Å². The molecule has 25 heavy (non-hydrogen) atoms. The van der Waals surface area contributed by atoms with E-state index in [0.717, 1.165) is 17.1 Å². The molecule has 7 heteroatoms. The highest BCUT2D eigenvalue weighted by molar-refractivity contribution is 6.30. The van der Waals surface area contributed by atoms with Crippen LogP contribution >= 0.6 is 11.6 Å². The predicted octanol–water partition coefficient (Wildman–Crippen LogP) is 4.80. The van der Waals surface area contributed by atoms with Crippen molar-refractivity contribution in [2.24, 2.45) is 0 Å². The topological polar surface area (TPSA) is 72.0 Å². The highest BCUT2D eigenvalue weighted by Crippen LogP contribution is 2.21. The number of benzene rings is 2. The quantitative estimate of drug-likeness (QED) is 0.661. The van der Waals surface area contributed by atoms with Gasteiger partial charge in [0.1, 0.15) is 5.75 Å². The van der Waals surface area contributed by atoms with Crippen molar-refractivity contribution in [1.29, 1.82) is 0 Å². The van der Waals surface area contributed by atoms with E-state index in [-0.39, 0.29) is 6.10 Å². The molecule has 1 heterocycles. The number of anilines is 4. The van der Waals surface area contributed by atoms with Crippen LogP contribution < -0.4 is 15.4 Å². The molecular weight excluding hydrogens is 338 g/mol. The molecule has 3 rings (SSSR count). The molecule has 0 aliphatic heterocycles. The molecule has 0 atom stereocenters. The second-order valence-electron chi connectivity index (χ2n) is 5.61. The third-order valence-electron chi connectivity index (χ3n) is 3.16. The molecule has 0 saturated carbocycles. The Morgan fingerprint density at radius 3 is 2.24 bits per heavy atom. The van der Waals surface area contributed by atoms with E-state index >= 15 is 0 Å². The second-order valence-corrected chi connectivity index (χ2v) is 6.05. The van der Waals surface area contributed by atoms with E-state index in [1.807, 2.05) is 50.2 Å². The minimum atomic E-state index is 0.141. The van der Waals surface area contributed by atoms with Gasteiger partial charge in [0.25, 0.3) is 0 Å². The van der Waals surface area contributed by atoms with Crippen LogP contribution in [0.15, 0.2) is 54.7 Å². The summed E-state index contributed by atoms with van der Waals surface area (Å²) >= 11 is 5.88. The Hall–Kier alpha value is -2.86. The molecule has 128 valence electrons. The first-order valence-electron chi connectivity index (χ1n) is 7.84. The summed E-state index contributed by atoms with van der Waals surface area (Å²) < 4.78 is 5.62. The minimum Gasteiger partial charge on any atom is -0.491 e. The van der Waals surface area contributed by atoms with E-state index in [1.165, 1.54) is 0 Å². The highest BCUT2D eigenvalue weighted by atomic mass is 35.5. The van der Waals surface area contributed by atoms with Crippen molar-refractivity contribution in [3.63, 3.8) is 0 Å². The van der Waals surface area contributed by atoms with Crippen LogP contribution in [0.4, 0.5) is 23.1 Å². The lowest BCUT2D eigenvalue weighted by atomic mass is 10.3. The predicted molar refractivity (Wildman–Crippen MR) is 100 cm³/mol. The summed E-state index contributed by atoms with van der Waals surface area (Å²) in [6.07, 6.45) is 1.70. The van der Waals surface area contributed by atoms with Crippen LogP contribution in [0.25, 0.3) is 0 Å². The molecule has 2 aromatic carbocycles. The first-order chi connectivity index (χ1) is 12.1. The van der Waals surface area contributed by atoms with Crippen molar-refractivity contribution in [2.75, 3.05) is 10.6 Å². The van der Waals surface area contributed by atoms with Gasteiger partial charge in [0.2, 0.25) is 5.95 Å². The number of aromatic nitrogens is 3. The second kappa shape index (κ2) is 7.81. The maximum atomic E-state index is 5.88. The maximum absolute atomic E-state index is 5.88. The van der Waals surface area contributed by atoms with Gasteiger partial charge in [0.15, 0.2) is 5.82 Å². The van der Waals surface area contributed by atoms with Crippen LogP contribution in [-0.2, 0) is 0 Å². The lowest BCUT2D eigenvalue weighted by Gasteiger charge is -2.11. The van der Waals surface area contributed by atoms with Crippen molar-refractivity contribution in [2.45, 2.75) is 20.0 Å². The van der Waals surface area contributed by atoms with E-state index in [1.54, 1.807) is 18.3 Å². The summed E-state index contributed by atoms with van der Waals surface area (Å²) in [4.78, 5) is 4.40. The number of hydrogen-bond acceptors (Lipinski definition) is 6. The monoisotopic (exact) mass is 355 g/mol. The molecule has 2 N–H and O–H groups in total. The Balaban J connectivity index is 1.68. The van der Waals surface area contributed by atoms with Gasteiger partial charge in [-0.1, -0.05) is 11.6 Å². The van der Waals surface area contributed by atoms with Gasteiger partial charge in [-0.2, -0.15) is 10.1 Å². The van der Waals surface area contributed by atoms with Gasteiger partial charge in [-0.05, 0) is 62.4 Å². The summed E-state index contributed by atoms with van der Waals surface area (Å²) in [6, 6.07) is 14.9. The summed E-state index contributed by atoms with van der Waals surface area (Å²) in [7, 11) is 0. The lowest BCUT2D eigenvalue weighted by molar-refractivity contribution is 0.242. The zero-order valence-electron chi connectivity index (χ0n) is 13.9. The fourth-order valence-corrected chi connectivity index (χ4v) is 2.24. The van der Waals surface area contributed by atoms with Gasteiger partial charge in [0, 0.05) is 16.4 Å². The Morgan fingerprint density at radius 2 is 1.56 bits per heavy atom. The third kappa shape index (κ3) is 5.06. The Bertz CT molecular complexity index is 822. The van der Waals surface area contributed by atoms with Crippen LogP contribution in [0.2, 0.25) is 5.02 Å². The average molecular weight is 356 g/mol. The highest BCUT2D eigenvalue weighted by Gasteiger charge is 2.03. The number of ether oxygens (including phenoxy) is 1. The zero-order chi connectivity index (χ0) is 17.6. The SMILES string of the molecule is CC(C)Oc1ccc(Nc2nncc(Nc3ccc(Cl)cc3)n2)cc1. The Morgan fingerprint density at radius 1 is 0.920 bits per heavy atom. The smallest absolute Gasteiger partial charge is 0.249 e. The summed E-state index contributed by atoms with van der Waals surface area (Å²) in [5.74, 6) is 1.80. The number of nitrogens with one attached hydrogen (secondary N) is 2. The number of hydrogen-bond donors (Lipinski definition) is 2. The van der Waals surface area contributed by atoms with E-state index in [2.05, 4.69) is 25.8 Å². The fourth-order valence-electron chi connectivity index (χ4n) is 2.12. The molecule has 0 unspecified atom stereocenters. The van der Waals surface area contributed by atoms with Gasteiger partial charge in [-0.25, -0.2) is 0 Å². The molecule has 0 saturated heterocycles. The van der Waals surface area contributed by atoms with Crippen molar-refractivity contribution < 1.29 is 4.74 Å². The van der Waals surface area contributed by atoms with Gasteiger partial charge in [-0.15, -0.1) is 5.10 Å². The molecule has 0 aliphatic carbocycles. The molecule has 0 bridgehead atoms. The van der Waals surface area contributed by atoms with Crippen molar-refractivity contribution in [1.82, 2.24) is 15.2 Å². The van der Waals surface area contributed by atoms with Gasteiger partial charge < -0.3 is 15.4 Å². The first kappa shape index (κ1) is 17.0. The third-order valence-corrected chi connectivity index (χ3v) is 3.41. The fraction of sp³-hybridized carbons (Fsp3) is 0.167. The van der Waals surface area contributed by atoms with Crippen LogP contribution in [-0.4, -0.2) is 21.3 Å². The van der Waals surface area contributed by atoms with Gasteiger partial charge >= 0.3 is 0 Å². The average Bonchev–Trinajstić information content (AvgIpc) is 2.59. The Labute approximate surface area is 151 Å². The van der Waals surface area contributed by atoms with Gasteiger partial charge in [-0.3, -0.25) is 0 Å². The Kier molecular flexibility index (Phi) is 5.30.